The van der Waals surface area contributed by atoms with Crippen LogP contribution in [0.4, 0.5) is 0 Å². The lowest BCUT2D eigenvalue weighted by Crippen LogP contribution is -2.39. The highest BCUT2D eigenvalue weighted by molar-refractivity contribution is 7.07. The number of carbonyl (C=O) groups is 2. The number of fused-ring (bicyclic) bond motifs is 1. The predicted molar refractivity (Wildman–Crippen MR) is 154 cm³/mol. The fourth-order valence-corrected chi connectivity index (χ4v) is 5.74. The molecule has 0 bridgehead atoms. The molecule has 3 heterocycles. The van der Waals surface area contributed by atoms with Crippen LogP contribution in [-0.4, -0.2) is 37.1 Å². The van der Waals surface area contributed by atoms with Crippen molar-refractivity contribution in [2.75, 3.05) is 20.8 Å². The molecule has 1 atom stereocenters. The van der Waals surface area contributed by atoms with E-state index in [0.717, 1.165) is 5.56 Å². The third-order valence-electron chi connectivity index (χ3n) is 6.72. The highest BCUT2D eigenvalue weighted by Gasteiger charge is 2.34. The molecule has 41 heavy (non-hydrogen) atoms. The van der Waals surface area contributed by atoms with Crippen LogP contribution in [0.5, 0.6) is 11.5 Å². The first-order valence-electron chi connectivity index (χ1n) is 12.9. The van der Waals surface area contributed by atoms with Crippen molar-refractivity contribution in [1.29, 1.82) is 0 Å². The van der Waals surface area contributed by atoms with Gasteiger partial charge in [-0.15, -0.1) is 0 Å². The topological polar surface area (TPSA) is 109 Å². The minimum absolute atomic E-state index is 0.0141. The van der Waals surface area contributed by atoms with Gasteiger partial charge in [-0.3, -0.25) is 14.2 Å². The van der Waals surface area contributed by atoms with Crippen LogP contribution in [0.2, 0.25) is 0 Å². The predicted octanol–water partition coefficient (Wildman–Crippen LogP) is 4.28. The number of nitrogens with zero attached hydrogens (tertiary/aromatic N) is 2. The van der Waals surface area contributed by atoms with E-state index in [-0.39, 0.29) is 23.5 Å². The van der Waals surface area contributed by atoms with Crippen LogP contribution in [0.15, 0.2) is 80.1 Å². The van der Waals surface area contributed by atoms with E-state index >= 15 is 0 Å². The van der Waals surface area contributed by atoms with Gasteiger partial charge < -0.3 is 18.6 Å². The van der Waals surface area contributed by atoms with Gasteiger partial charge in [0.1, 0.15) is 11.5 Å². The van der Waals surface area contributed by atoms with Crippen LogP contribution >= 0.6 is 11.3 Å². The van der Waals surface area contributed by atoms with Gasteiger partial charge in [0.2, 0.25) is 0 Å². The Morgan fingerprint density at radius 2 is 1.78 bits per heavy atom. The number of ether oxygens (including phenoxy) is 3. The second-order valence-electron chi connectivity index (χ2n) is 9.25. The number of aromatic nitrogens is 1. The van der Waals surface area contributed by atoms with Crippen molar-refractivity contribution >= 4 is 29.2 Å². The lowest BCUT2D eigenvalue weighted by atomic mass is 9.95. The standard InChI is InChI=1S/C31H28N2O7S/c1-6-39-30(36)27-17(2)32-31-33(28(27)21-11-13-24(37-4)25(15-21)38-5)29(35)26(41-31)16-22-12-14-23(40-22)20-9-7-19(8-10-20)18(3)34/h7-16,28H,6H2,1-5H3/b26-16-/t28-/m1/s1. The molecule has 9 nitrogen and oxygen atoms in total. The molecular formula is C31H28N2O7S. The first-order valence-corrected chi connectivity index (χ1v) is 13.7. The number of rotatable bonds is 8. The van der Waals surface area contributed by atoms with Gasteiger partial charge >= 0.3 is 5.97 Å². The van der Waals surface area contributed by atoms with Gasteiger partial charge in [0.25, 0.3) is 5.56 Å². The fraction of sp³-hybridized carbons (Fsp3) is 0.226. The number of benzene rings is 2. The summed E-state index contributed by atoms with van der Waals surface area (Å²) in [6.45, 7) is 5.15. The van der Waals surface area contributed by atoms with Gasteiger partial charge in [0.05, 0.1) is 42.7 Å². The number of carbonyl (C=O) groups excluding carboxylic acids is 2. The van der Waals surface area contributed by atoms with Gasteiger partial charge in [0.15, 0.2) is 22.1 Å². The Labute approximate surface area is 239 Å². The molecule has 0 radical (unpaired) electrons. The Morgan fingerprint density at radius 3 is 2.44 bits per heavy atom. The molecule has 10 heteroatoms. The molecular weight excluding hydrogens is 544 g/mol. The van der Waals surface area contributed by atoms with Gasteiger partial charge in [-0.25, -0.2) is 9.79 Å². The van der Waals surface area contributed by atoms with E-state index in [2.05, 4.69) is 4.99 Å². The van der Waals surface area contributed by atoms with Crippen molar-refractivity contribution in [2.45, 2.75) is 26.8 Å². The molecule has 1 aliphatic heterocycles. The molecule has 0 N–H and O–H groups in total. The Balaban J connectivity index is 1.62. The quantitative estimate of drug-likeness (QED) is 0.229. The van der Waals surface area contributed by atoms with Gasteiger partial charge in [-0.05, 0) is 50.6 Å². The molecule has 2 aromatic heterocycles. The molecule has 0 amide bonds. The molecule has 0 fully saturated rings. The number of methoxy groups -OCH3 is 2. The minimum atomic E-state index is -0.792. The zero-order valence-corrected chi connectivity index (χ0v) is 24.0. The summed E-state index contributed by atoms with van der Waals surface area (Å²) in [5, 5.41) is 0. The summed E-state index contributed by atoms with van der Waals surface area (Å²) in [4.78, 5) is 43.6. The second kappa shape index (κ2) is 11.4. The number of hydrogen-bond donors (Lipinski definition) is 0. The minimum Gasteiger partial charge on any atom is -0.493 e. The van der Waals surface area contributed by atoms with E-state index in [1.807, 2.05) is 12.1 Å². The maximum atomic E-state index is 13.9. The highest BCUT2D eigenvalue weighted by Crippen LogP contribution is 2.36. The molecule has 0 spiro atoms. The fourth-order valence-electron chi connectivity index (χ4n) is 4.71. The summed E-state index contributed by atoms with van der Waals surface area (Å²) in [5.74, 6) is 1.50. The van der Waals surface area contributed by atoms with Crippen LogP contribution in [0, 0.1) is 0 Å². The number of Topliss-reactive ketones (excluding diaryl/α,β-unsaturated/α-hetero) is 1. The Hall–Kier alpha value is -4.70. The second-order valence-corrected chi connectivity index (χ2v) is 10.3. The summed E-state index contributed by atoms with van der Waals surface area (Å²) in [6.07, 6.45) is 1.66. The molecule has 0 saturated heterocycles. The van der Waals surface area contributed by atoms with Crippen LogP contribution in [0.1, 0.15) is 48.5 Å². The third-order valence-corrected chi connectivity index (χ3v) is 7.70. The first-order chi connectivity index (χ1) is 19.7. The van der Waals surface area contributed by atoms with Crippen molar-refractivity contribution < 1.29 is 28.2 Å². The number of hydrogen-bond acceptors (Lipinski definition) is 9. The van der Waals surface area contributed by atoms with Crippen molar-refractivity contribution in [3.63, 3.8) is 0 Å². The normalized spacial score (nSPS) is 14.9. The lowest BCUT2D eigenvalue weighted by Gasteiger charge is -2.25. The maximum absolute atomic E-state index is 13.9. The molecule has 0 unspecified atom stereocenters. The zero-order chi connectivity index (χ0) is 29.3. The van der Waals surface area contributed by atoms with E-state index in [1.54, 1.807) is 62.4 Å². The first kappa shape index (κ1) is 27.9. The van der Waals surface area contributed by atoms with Gasteiger partial charge in [-0.1, -0.05) is 41.7 Å². The van der Waals surface area contributed by atoms with E-state index < -0.39 is 12.0 Å². The number of esters is 1. The molecule has 1 aliphatic rings. The van der Waals surface area contributed by atoms with Crippen molar-refractivity contribution in [3.05, 3.63) is 102 Å². The SMILES string of the molecule is CCOC(=O)C1=C(C)N=c2s/c(=C\c3ccc(-c4ccc(C(C)=O)cc4)o3)c(=O)n2[C@@H]1c1ccc(OC)c(OC)c1. The average molecular weight is 573 g/mol. The molecule has 4 aromatic rings. The van der Waals surface area contributed by atoms with Gasteiger partial charge in [-0.2, -0.15) is 0 Å². The van der Waals surface area contributed by atoms with Crippen LogP contribution in [0.25, 0.3) is 17.4 Å². The molecule has 0 saturated carbocycles. The molecule has 5 rings (SSSR count). The summed E-state index contributed by atoms with van der Waals surface area (Å²) in [7, 11) is 3.06. The summed E-state index contributed by atoms with van der Waals surface area (Å²) >= 11 is 1.20. The van der Waals surface area contributed by atoms with E-state index in [0.29, 0.717) is 49.2 Å². The summed E-state index contributed by atoms with van der Waals surface area (Å²) < 4.78 is 24.1. The number of furan rings is 1. The van der Waals surface area contributed by atoms with Crippen LogP contribution in [0.3, 0.4) is 0 Å². The third kappa shape index (κ3) is 5.26. The van der Waals surface area contributed by atoms with Crippen molar-refractivity contribution in [3.8, 4) is 22.8 Å². The molecule has 0 aliphatic carbocycles. The number of allylic oxidation sites excluding steroid dienone is 1. The monoisotopic (exact) mass is 572 g/mol. The van der Waals surface area contributed by atoms with Crippen LogP contribution < -0.4 is 24.4 Å². The number of thiazole rings is 1. The average Bonchev–Trinajstić information content (AvgIpc) is 3.56. The van der Waals surface area contributed by atoms with E-state index in [9.17, 15) is 14.4 Å². The van der Waals surface area contributed by atoms with E-state index in [4.69, 9.17) is 18.6 Å². The largest absolute Gasteiger partial charge is 0.493 e. The lowest BCUT2D eigenvalue weighted by molar-refractivity contribution is -0.139. The van der Waals surface area contributed by atoms with Crippen molar-refractivity contribution in [1.82, 2.24) is 4.57 Å². The van der Waals surface area contributed by atoms with Gasteiger partial charge in [0, 0.05) is 17.2 Å². The smallest absolute Gasteiger partial charge is 0.338 e. The Kier molecular flexibility index (Phi) is 7.76. The number of ketones is 1. The molecule has 2 aromatic carbocycles. The Bertz CT molecular complexity index is 1860. The summed E-state index contributed by atoms with van der Waals surface area (Å²) in [5.41, 5.74) is 2.47. The van der Waals surface area contributed by atoms with Crippen molar-refractivity contribution in [2.24, 2.45) is 4.99 Å². The summed E-state index contributed by atoms with van der Waals surface area (Å²) in [6, 6.07) is 15.2. The Morgan fingerprint density at radius 1 is 1.05 bits per heavy atom. The maximum Gasteiger partial charge on any atom is 0.338 e. The zero-order valence-electron chi connectivity index (χ0n) is 23.2. The van der Waals surface area contributed by atoms with Crippen LogP contribution in [-0.2, 0) is 9.53 Å². The molecule has 210 valence electrons. The highest BCUT2D eigenvalue weighted by atomic mass is 32.1. The van der Waals surface area contributed by atoms with E-state index in [1.165, 1.54) is 37.0 Å².